The van der Waals surface area contributed by atoms with Gasteiger partial charge in [-0.3, -0.25) is 4.79 Å². The van der Waals surface area contributed by atoms with Crippen LogP contribution in [-0.4, -0.2) is 54.8 Å². The van der Waals surface area contributed by atoms with Crippen LogP contribution in [0.4, 0.5) is 0 Å². The minimum atomic E-state index is -0.102. The summed E-state index contributed by atoms with van der Waals surface area (Å²) in [5.41, 5.74) is 6.02. The molecule has 7 nitrogen and oxygen atoms in total. The van der Waals surface area contributed by atoms with E-state index in [-0.39, 0.29) is 18.3 Å². The predicted octanol–water partition coefficient (Wildman–Crippen LogP) is 0.409. The van der Waals surface area contributed by atoms with E-state index in [0.29, 0.717) is 37.6 Å². The van der Waals surface area contributed by atoms with Crippen LogP contribution in [0.1, 0.15) is 12.0 Å². The third-order valence-electron chi connectivity index (χ3n) is 3.20. The van der Waals surface area contributed by atoms with Gasteiger partial charge in [-0.25, -0.2) is 0 Å². The van der Waals surface area contributed by atoms with Gasteiger partial charge in [0.05, 0.1) is 12.2 Å². The van der Waals surface area contributed by atoms with Crippen molar-refractivity contribution in [2.75, 3.05) is 32.9 Å². The maximum absolute atomic E-state index is 12.1. The van der Waals surface area contributed by atoms with Crippen molar-refractivity contribution in [1.29, 1.82) is 0 Å². The lowest BCUT2D eigenvalue weighted by molar-refractivity contribution is -0.133. The number of para-hydroxylation sites is 1. The van der Waals surface area contributed by atoms with E-state index in [0.717, 1.165) is 6.42 Å². The van der Waals surface area contributed by atoms with E-state index < -0.39 is 0 Å². The molecule has 1 aliphatic heterocycles. The highest BCUT2D eigenvalue weighted by Crippen LogP contribution is 2.17. The lowest BCUT2D eigenvalue weighted by atomic mass is 10.2. The molecular formula is C14H19N3O4. The maximum atomic E-state index is 12.1. The number of benzene rings is 1. The Labute approximate surface area is 122 Å². The Kier molecular flexibility index (Phi) is 5.39. The van der Waals surface area contributed by atoms with Crippen LogP contribution in [0.5, 0.6) is 5.75 Å². The minimum Gasteiger partial charge on any atom is -0.483 e. The Morgan fingerprint density at radius 2 is 2.19 bits per heavy atom. The monoisotopic (exact) mass is 293 g/mol. The van der Waals surface area contributed by atoms with Crippen LogP contribution < -0.4 is 10.5 Å². The smallest absolute Gasteiger partial charge is 0.260 e. The molecule has 114 valence electrons. The quantitative estimate of drug-likeness (QED) is 0.363. The highest BCUT2D eigenvalue weighted by molar-refractivity contribution is 5.99. The van der Waals surface area contributed by atoms with E-state index in [1.165, 1.54) is 0 Å². The summed E-state index contributed by atoms with van der Waals surface area (Å²) in [6.45, 7) is 2.38. The summed E-state index contributed by atoms with van der Waals surface area (Å²) in [5.74, 6) is 0.253. The summed E-state index contributed by atoms with van der Waals surface area (Å²) in [4.78, 5) is 13.8. The topological polar surface area (TPSA) is 97.4 Å². The number of ether oxygens (including phenoxy) is 2. The number of hydrogen-bond acceptors (Lipinski definition) is 5. The standard InChI is InChI=1S/C14H19N3O4/c15-14(16-19)11-4-1-2-5-12(11)21-10-13(18)17-6-3-8-20-9-7-17/h1-2,4-5,19H,3,6-10H2,(H2,15,16). The summed E-state index contributed by atoms with van der Waals surface area (Å²) in [6.07, 6.45) is 0.826. The largest absolute Gasteiger partial charge is 0.483 e. The Morgan fingerprint density at radius 3 is 3.00 bits per heavy atom. The van der Waals surface area contributed by atoms with Crippen LogP contribution in [0.2, 0.25) is 0 Å². The molecule has 1 saturated heterocycles. The number of rotatable bonds is 4. The lowest BCUT2D eigenvalue weighted by Crippen LogP contribution is -2.36. The molecule has 0 aromatic heterocycles. The maximum Gasteiger partial charge on any atom is 0.260 e. The van der Waals surface area contributed by atoms with Crippen LogP contribution >= 0.6 is 0 Å². The van der Waals surface area contributed by atoms with Gasteiger partial charge >= 0.3 is 0 Å². The molecule has 21 heavy (non-hydrogen) atoms. The van der Waals surface area contributed by atoms with Crippen molar-refractivity contribution in [3.05, 3.63) is 29.8 Å². The zero-order valence-electron chi connectivity index (χ0n) is 11.7. The minimum absolute atomic E-state index is 0.0544. The molecule has 0 spiro atoms. The van der Waals surface area contributed by atoms with Gasteiger partial charge in [-0.1, -0.05) is 17.3 Å². The van der Waals surface area contributed by atoms with Crippen molar-refractivity contribution in [2.45, 2.75) is 6.42 Å². The van der Waals surface area contributed by atoms with Crippen molar-refractivity contribution in [3.63, 3.8) is 0 Å². The first-order chi connectivity index (χ1) is 10.2. The molecule has 0 bridgehead atoms. The molecule has 1 heterocycles. The van der Waals surface area contributed by atoms with E-state index >= 15 is 0 Å². The number of amidine groups is 1. The Morgan fingerprint density at radius 1 is 1.38 bits per heavy atom. The molecule has 1 amide bonds. The summed E-state index contributed by atoms with van der Waals surface area (Å²) in [7, 11) is 0. The van der Waals surface area contributed by atoms with Gasteiger partial charge in [0.25, 0.3) is 5.91 Å². The summed E-state index contributed by atoms with van der Waals surface area (Å²) < 4.78 is 10.8. The fourth-order valence-corrected chi connectivity index (χ4v) is 2.08. The fraction of sp³-hybridized carbons (Fsp3) is 0.429. The normalized spacial score (nSPS) is 16.4. The van der Waals surface area contributed by atoms with Gasteiger partial charge in [0.15, 0.2) is 12.4 Å². The SMILES string of the molecule is NC(=NO)c1ccccc1OCC(=O)N1CCCOCC1. The molecule has 1 fully saturated rings. The number of carbonyl (C=O) groups is 1. The molecule has 7 heteroatoms. The van der Waals surface area contributed by atoms with Gasteiger partial charge in [0.1, 0.15) is 5.75 Å². The van der Waals surface area contributed by atoms with Crippen LogP contribution in [0.3, 0.4) is 0 Å². The average molecular weight is 293 g/mol. The fourth-order valence-electron chi connectivity index (χ4n) is 2.08. The molecule has 0 unspecified atom stereocenters. The number of oxime groups is 1. The molecule has 2 rings (SSSR count). The first-order valence-corrected chi connectivity index (χ1v) is 6.77. The predicted molar refractivity (Wildman–Crippen MR) is 76.5 cm³/mol. The lowest BCUT2D eigenvalue weighted by Gasteiger charge is -2.20. The second kappa shape index (κ2) is 7.49. The molecule has 3 N–H and O–H groups in total. The van der Waals surface area contributed by atoms with E-state index in [9.17, 15) is 4.79 Å². The van der Waals surface area contributed by atoms with Gasteiger partial charge in [0, 0.05) is 19.7 Å². The number of hydrogen-bond donors (Lipinski definition) is 2. The number of amides is 1. The van der Waals surface area contributed by atoms with E-state index in [4.69, 9.17) is 20.4 Å². The van der Waals surface area contributed by atoms with Gasteiger partial charge in [-0.2, -0.15) is 0 Å². The van der Waals surface area contributed by atoms with Crippen LogP contribution in [-0.2, 0) is 9.53 Å². The average Bonchev–Trinajstić information content (AvgIpc) is 2.81. The van der Waals surface area contributed by atoms with Crippen LogP contribution in [0.25, 0.3) is 0 Å². The van der Waals surface area contributed by atoms with Gasteiger partial charge in [0.2, 0.25) is 0 Å². The second-order valence-corrected chi connectivity index (χ2v) is 4.62. The molecule has 0 saturated carbocycles. The van der Waals surface area contributed by atoms with Crippen molar-refractivity contribution in [2.24, 2.45) is 10.9 Å². The summed E-state index contributed by atoms with van der Waals surface area (Å²) in [6, 6.07) is 6.84. The van der Waals surface area contributed by atoms with Crippen molar-refractivity contribution in [1.82, 2.24) is 4.90 Å². The Balaban J connectivity index is 1.98. The zero-order valence-corrected chi connectivity index (χ0v) is 11.7. The molecule has 0 aliphatic carbocycles. The van der Waals surface area contributed by atoms with Gasteiger partial charge in [-0.05, 0) is 18.6 Å². The number of nitrogens with zero attached hydrogens (tertiary/aromatic N) is 2. The summed E-state index contributed by atoms with van der Waals surface area (Å²) in [5, 5.41) is 11.7. The molecule has 0 atom stereocenters. The first kappa shape index (κ1) is 15.1. The van der Waals surface area contributed by atoms with Crippen molar-refractivity contribution >= 4 is 11.7 Å². The van der Waals surface area contributed by atoms with Crippen molar-refractivity contribution < 1.29 is 19.5 Å². The van der Waals surface area contributed by atoms with Gasteiger partial charge in [-0.15, -0.1) is 0 Å². The third-order valence-corrected chi connectivity index (χ3v) is 3.20. The molecule has 1 aliphatic rings. The van der Waals surface area contributed by atoms with E-state index in [2.05, 4.69) is 5.16 Å². The Bertz CT molecular complexity index is 511. The van der Waals surface area contributed by atoms with Crippen LogP contribution in [0, 0.1) is 0 Å². The summed E-state index contributed by atoms with van der Waals surface area (Å²) >= 11 is 0. The number of nitrogens with two attached hydrogens (primary N) is 1. The Hall–Kier alpha value is -2.28. The molecule has 1 aromatic rings. The first-order valence-electron chi connectivity index (χ1n) is 6.77. The molecule has 0 radical (unpaired) electrons. The highest BCUT2D eigenvalue weighted by Gasteiger charge is 2.17. The zero-order chi connectivity index (χ0) is 15.1. The second-order valence-electron chi connectivity index (χ2n) is 4.62. The molecule has 1 aromatic carbocycles. The highest BCUT2D eigenvalue weighted by atomic mass is 16.5. The van der Waals surface area contributed by atoms with E-state index in [1.54, 1.807) is 29.2 Å². The van der Waals surface area contributed by atoms with Crippen molar-refractivity contribution in [3.8, 4) is 5.75 Å². The van der Waals surface area contributed by atoms with Gasteiger partial charge < -0.3 is 25.3 Å². The van der Waals surface area contributed by atoms with Crippen LogP contribution in [0.15, 0.2) is 29.4 Å². The van der Waals surface area contributed by atoms with E-state index in [1.807, 2.05) is 0 Å². The molecular weight excluding hydrogens is 274 g/mol. The third kappa shape index (κ3) is 4.09. The number of carbonyl (C=O) groups excluding carboxylic acids is 1.